The highest BCUT2D eigenvalue weighted by molar-refractivity contribution is 5.38. The second-order valence-corrected chi connectivity index (χ2v) is 4.78. The lowest BCUT2D eigenvalue weighted by Crippen LogP contribution is -2.28. The molecule has 20 heavy (non-hydrogen) atoms. The number of ether oxygens (including phenoxy) is 1. The summed E-state index contributed by atoms with van der Waals surface area (Å²) < 4.78 is 7.23. The van der Waals surface area contributed by atoms with Crippen molar-refractivity contribution in [3.05, 3.63) is 30.3 Å². The molecular weight excluding hydrogens is 256 g/mol. The van der Waals surface area contributed by atoms with Gasteiger partial charge in [0.15, 0.2) is 0 Å². The van der Waals surface area contributed by atoms with E-state index < -0.39 is 0 Å². The highest BCUT2D eigenvalue weighted by Crippen LogP contribution is 2.11. The quantitative estimate of drug-likeness (QED) is 0.835. The molecule has 1 aromatic heterocycles. The third-order valence-corrected chi connectivity index (χ3v) is 3.23. The van der Waals surface area contributed by atoms with Gasteiger partial charge in [0.05, 0.1) is 18.9 Å². The molecule has 2 N–H and O–H groups in total. The van der Waals surface area contributed by atoms with Gasteiger partial charge in [-0.1, -0.05) is 23.3 Å². The number of hydrogen-bond donors (Lipinski definition) is 2. The molecular formula is C13H18N6O. The van der Waals surface area contributed by atoms with Gasteiger partial charge in [-0.25, -0.2) is 0 Å². The highest BCUT2D eigenvalue weighted by atomic mass is 16.5. The number of anilines is 1. The Balaban J connectivity index is 1.65. The zero-order valence-electron chi connectivity index (χ0n) is 11.2. The summed E-state index contributed by atoms with van der Waals surface area (Å²) in [5.74, 6) is 1.07. The molecule has 3 rings (SSSR count). The molecule has 0 radical (unpaired) electrons. The Bertz CT molecular complexity index is 521. The van der Waals surface area contributed by atoms with Crippen LogP contribution >= 0.6 is 0 Å². The van der Waals surface area contributed by atoms with Gasteiger partial charge < -0.3 is 15.4 Å². The summed E-state index contributed by atoms with van der Waals surface area (Å²) in [4.78, 5) is 0. The van der Waals surface area contributed by atoms with Crippen molar-refractivity contribution < 1.29 is 4.74 Å². The maximum absolute atomic E-state index is 5.53. The van der Waals surface area contributed by atoms with Gasteiger partial charge in [0, 0.05) is 25.6 Å². The maximum Gasteiger partial charge on any atom is 0.247 e. The van der Waals surface area contributed by atoms with Gasteiger partial charge in [-0.15, -0.1) is 0 Å². The fraction of sp³-hybridized carbons (Fsp3) is 0.462. The Morgan fingerprint density at radius 2 is 2.25 bits per heavy atom. The Labute approximate surface area is 117 Å². The first-order valence-electron chi connectivity index (χ1n) is 6.79. The Kier molecular flexibility index (Phi) is 4.19. The largest absolute Gasteiger partial charge is 0.380 e. The SMILES string of the molecule is c1ccc(-n2nnnc2NC[C@@H]2CNCCOC2)cc1. The van der Waals surface area contributed by atoms with Crippen LogP contribution in [0.4, 0.5) is 5.95 Å². The third-order valence-electron chi connectivity index (χ3n) is 3.23. The number of tetrazole rings is 1. The summed E-state index contributed by atoms with van der Waals surface area (Å²) in [7, 11) is 0. The normalized spacial score (nSPS) is 19.5. The third kappa shape index (κ3) is 3.12. The first-order valence-corrected chi connectivity index (χ1v) is 6.79. The van der Waals surface area contributed by atoms with E-state index in [0.29, 0.717) is 11.9 Å². The van der Waals surface area contributed by atoms with Crippen molar-refractivity contribution in [2.45, 2.75) is 0 Å². The minimum absolute atomic E-state index is 0.415. The van der Waals surface area contributed by atoms with Gasteiger partial charge in [0.25, 0.3) is 0 Å². The van der Waals surface area contributed by atoms with Gasteiger partial charge in [-0.3, -0.25) is 0 Å². The van der Waals surface area contributed by atoms with E-state index in [1.807, 2.05) is 30.3 Å². The molecule has 0 bridgehead atoms. The maximum atomic E-state index is 5.53. The number of hydrogen-bond acceptors (Lipinski definition) is 6. The Morgan fingerprint density at radius 3 is 3.15 bits per heavy atom. The van der Waals surface area contributed by atoms with Gasteiger partial charge in [0.1, 0.15) is 0 Å². The van der Waals surface area contributed by atoms with Crippen molar-refractivity contribution >= 4 is 5.95 Å². The average molecular weight is 274 g/mol. The Hall–Kier alpha value is -1.99. The predicted octanol–water partition coefficient (Wildman–Crippen LogP) is 0.310. The van der Waals surface area contributed by atoms with Gasteiger partial charge >= 0.3 is 0 Å². The van der Waals surface area contributed by atoms with E-state index in [4.69, 9.17) is 4.74 Å². The standard InChI is InChI=1S/C13H18N6O/c1-2-4-12(5-3-1)19-13(16-17-18-19)15-9-11-8-14-6-7-20-10-11/h1-5,11,14H,6-10H2,(H,15,16,18)/t11-/m0/s1. The zero-order chi connectivity index (χ0) is 13.6. The molecule has 1 saturated heterocycles. The lowest BCUT2D eigenvalue weighted by molar-refractivity contribution is 0.127. The van der Waals surface area contributed by atoms with E-state index in [9.17, 15) is 0 Å². The van der Waals surface area contributed by atoms with Gasteiger partial charge in [0.2, 0.25) is 5.95 Å². The van der Waals surface area contributed by atoms with E-state index in [2.05, 4.69) is 26.2 Å². The van der Waals surface area contributed by atoms with Crippen molar-refractivity contribution in [2.75, 3.05) is 38.2 Å². The highest BCUT2D eigenvalue weighted by Gasteiger charge is 2.14. The van der Waals surface area contributed by atoms with E-state index in [0.717, 1.165) is 38.5 Å². The lowest BCUT2D eigenvalue weighted by Gasteiger charge is -2.14. The minimum Gasteiger partial charge on any atom is -0.380 e. The summed E-state index contributed by atoms with van der Waals surface area (Å²) in [6.45, 7) is 4.17. The molecule has 1 aliphatic heterocycles. The topological polar surface area (TPSA) is 76.9 Å². The molecule has 1 fully saturated rings. The fourth-order valence-electron chi connectivity index (χ4n) is 2.17. The van der Waals surface area contributed by atoms with Crippen LogP contribution in [0.15, 0.2) is 30.3 Å². The summed E-state index contributed by atoms with van der Waals surface area (Å²) in [6, 6.07) is 9.83. The van der Waals surface area contributed by atoms with Crippen molar-refractivity contribution in [2.24, 2.45) is 5.92 Å². The van der Waals surface area contributed by atoms with Crippen LogP contribution in [0.2, 0.25) is 0 Å². The summed E-state index contributed by atoms with van der Waals surface area (Å²) in [5, 5.41) is 18.4. The summed E-state index contributed by atoms with van der Waals surface area (Å²) in [5.41, 5.74) is 0.940. The van der Waals surface area contributed by atoms with Crippen LogP contribution in [0.3, 0.4) is 0 Å². The number of aromatic nitrogens is 4. The van der Waals surface area contributed by atoms with Gasteiger partial charge in [-0.05, 0) is 22.6 Å². The summed E-state index contributed by atoms with van der Waals surface area (Å²) >= 11 is 0. The molecule has 0 saturated carbocycles. The monoisotopic (exact) mass is 274 g/mol. The predicted molar refractivity (Wildman–Crippen MR) is 74.8 cm³/mol. The molecule has 2 heterocycles. The Morgan fingerprint density at radius 1 is 1.35 bits per heavy atom. The van der Waals surface area contributed by atoms with Crippen molar-refractivity contribution in [1.82, 2.24) is 25.5 Å². The molecule has 1 aliphatic rings. The van der Waals surface area contributed by atoms with E-state index in [1.165, 1.54) is 0 Å². The van der Waals surface area contributed by atoms with Crippen LogP contribution in [0.5, 0.6) is 0 Å². The molecule has 0 aliphatic carbocycles. The molecule has 7 heteroatoms. The molecule has 1 aromatic carbocycles. The van der Waals surface area contributed by atoms with E-state index in [-0.39, 0.29) is 0 Å². The van der Waals surface area contributed by atoms with Gasteiger partial charge in [-0.2, -0.15) is 4.68 Å². The molecule has 7 nitrogen and oxygen atoms in total. The number of rotatable bonds is 4. The second-order valence-electron chi connectivity index (χ2n) is 4.78. The van der Waals surface area contributed by atoms with Crippen molar-refractivity contribution in [1.29, 1.82) is 0 Å². The summed E-state index contributed by atoms with van der Waals surface area (Å²) in [6.07, 6.45) is 0. The smallest absolute Gasteiger partial charge is 0.247 e. The van der Waals surface area contributed by atoms with Crippen LogP contribution in [-0.2, 0) is 4.74 Å². The number of nitrogens with zero attached hydrogens (tertiary/aromatic N) is 4. The van der Waals surface area contributed by atoms with E-state index in [1.54, 1.807) is 4.68 Å². The van der Waals surface area contributed by atoms with Crippen LogP contribution in [0.1, 0.15) is 0 Å². The van der Waals surface area contributed by atoms with Crippen LogP contribution in [0, 0.1) is 5.92 Å². The van der Waals surface area contributed by atoms with Crippen molar-refractivity contribution in [3.8, 4) is 5.69 Å². The molecule has 0 amide bonds. The molecule has 106 valence electrons. The molecule has 1 atom stereocenters. The first-order chi connectivity index (χ1) is 9.93. The lowest BCUT2D eigenvalue weighted by atomic mass is 10.1. The fourth-order valence-corrected chi connectivity index (χ4v) is 2.17. The molecule has 0 spiro atoms. The van der Waals surface area contributed by atoms with Crippen LogP contribution < -0.4 is 10.6 Å². The van der Waals surface area contributed by atoms with Crippen LogP contribution in [0.25, 0.3) is 5.69 Å². The minimum atomic E-state index is 0.415. The number of para-hydroxylation sites is 1. The van der Waals surface area contributed by atoms with Crippen LogP contribution in [-0.4, -0.2) is 53.1 Å². The van der Waals surface area contributed by atoms with Crippen molar-refractivity contribution in [3.63, 3.8) is 0 Å². The molecule has 2 aromatic rings. The number of nitrogens with one attached hydrogen (secondary N) is 2. The molecule has 0 unspecified atom stereocenters. The number of benzene rings is 1. The first kappa shape index (κ1) is 13.0. The van der Waals surface area contributed by atoms with E-state index >= 15 is 0 Å². The average Bonchev–Trinajstić information content (AvgIpc) is 2.81. The second kappa shape index (κ2) is 6.44. The zero-order valence-corrected chi connectivity index (χ0v) is 11.2.